The largest absolute Gasteiger partial charge is 0.497 e. The lowest BCUT2D eigenvalue weighted by Gasteiger charge is -2.28. The van der Waals surface area contributed by atoms with Gasteiger partial charge in [0.15, 0.2) is 0 Å². The Morgan fingerprint density at radius 1 is 1.40 bits per heavy atom. The van der Waals surface area contributed by atoms with Crippen molar-refractivity contribution in [3.8, 4) is 5.75 Å². The van der Waals surface area contributed by atoms with Gasteiger partial charge >= 0.3 is 0 Å². The molecule has 0 aliphatic carbocycles. The molecule has 0 aromatic heterocycles. The summed E-state index contributed by atoms with van der Waals surface area (Å²) in [7, 11) is 1.62. The Hall–Kier alpha value is -1.28. The van der Waals surface area contributed by atoms with Gasteiger partial charge in [-0.1, -0.05) is 25.1 Å². The third-order valence-electron chi connectivity index (χ3n) is 2.91. The molecule has 0 amide bonds. The molecule has 1 aromatic carbocycles. The first-order valence-electron chi connectivity index (χ1n) is 5.01. The zero-order valence-corrected chi connectivity index (χ0v) is 9.53. The van der Waals surface area contributed by atoms with Crippen LogP contribution in [0.5, 0.6) is 5.75 Å². The molecule has 0 bridgehead atoms. The number of hydrogen-bond donors (Lipinski definition) is 1. The average molecular weight is 206 g/mol. The second-order valence-corrected chi connectivity index (χ2v) is 3.90. The maximum absolute atomic E-state index is 10.3. The van der Waals surface area contributed by atoms with Gasteiger partial charge in [-0.05, 0) is 24.6 Å². The van der Waals surface area contributed by atoms with Crippen LogP contribution < -0.4 is 4.74 Å². The summed E-state index contributed by atoms with van der Waals surface area (Å²) in [5.74, 6) is 0.798. The van der Waals surface area contributed by atoms with E-state index >= 15 is 0 Å². The number of benzene rings is 1. The fourth-order valence-corrected chi connectivity index (χ4v) is 1.42. The molecular weight excluding hydrogens is 188 g/mol. The van der Waals surface area contributed by atoms with E-state index in [-0.39, 0.29) is 5.92 Å². The van der Waals surface area contributed by atoms with Crippen molar-refractivity contribution < 1.29 is 9.84 Å². The lowest BCUT2D eigenvalue weighted by Crippen LogP contribution is -2.28. The highest BCUT2D eigenvalue weighted by molar-refractivity contribution is 5.31. The summed E-state index contributed by atoms with van der Waals surface area (Å²) in [5, 5.41) is 10.3. The minimum absolute atomic E-state index is 0.00546. The lowest BCUT2D eigenvalue weighted by molar-refractivity contribution is 0.0205. The fourth-order valence-electron chi connectivity index (χ4n) is 1.42. The van der Waals surface area contributed by atoms with Crippen LogP contribution in [0.4, 0.5) is 0 Å². The summed E-state index contributed by atoms with van der Waals surface area (Å²) < 4.78 is 5.07. The third kappa shape index (κ3) is 2.39. The number of rotatable bonds is 4. The Balaban J connectivity index is 2.99. The van der Waals surface area contributed by atoms with E-state index in [9.17, 15) is 5.11 Å². The normalized spacial score (nSPS) is 16.5. The standard InChI is InChI=1S/C13H18O2/c1-5-10(2)13(3,14)11-6-8-12(15-4)9-7-11/h5-10,14H,1H2,2-4H3/t10-,13-/m0/s1. The third-order valence-corrected chi connectivity index (χ3v) is 2.91. The average Bonchev–Trinajstić information content (AvgIpc) is 2.28. The SMILES string of the molecule is C=C[C@H](C)[C@](C)(O)c1ccc(OC)cc1. The van der Waals surface area contributed by atoms with Crippen LogP contribution >= 0.6 is 0 Å². The van der Waals surface area contributed by atoms with Crippen LogP contribution in [-0.2, 0) is 5.60 Å². The van der Waals surface area contributed by atoms with Gasteiger partial charge < -0.3 is 9.84 Å². The van der Waals surface area contributed by atoms with E-state index in [1.807, 2.05) is 31.2 Å². The van der Waals surface area contributed by atoms with Gasteiger partial charge in [-0.2, -0.15) is 0 Å². The van der Waals surface area contributed by atoms with Crippen LogP contribution in [0.2, 0.25) is 0 Å². The second-order valence-electron chi connectivity index (χ2n) is 3.90. The van der Waals surface area contributed by atoms with E-state index in [1.165, 1.54) is 0 Å². The van der Waals surface area contributed by atoms with E-state index < -0.39 is 5.60 Å². The number of methoxy groups -OCH3 is 1. The minimum Gasteiger partial charge on any atom is -0.497 e. The van der Waals surface area contributed by atoms with E-state index in [1.54, 1.807) is 20.1 Å². The first-order valence-corrected chi connectivity index (χ1v) is 5.01. The molecule has 0 radical (unpaired) electrons. The van der Waals surface area contributed by atoms with E-state index in [2.05, 4.69) is 6.58 Å². The van der Waals surface area contributed by atoms with Gasteiger partial charge in [0, 0.05) is 5.92 Å². The summed E-state index contributed by atoms with van der Waals surface area (Å²) >= 11 is 0. The van der Waals surface area contributed by atoms with Crippen LogP contribution in [0.1, 0.15) is 19.4 Å². The predicted octanol–water partition coefficient (Wildman–Crippen LogP) is 2.72. The summed E-state index contributed by atoms with van der Waals surface area (Å²) in [5.41, 5.74) is -0.00991. The van der Waals surface area contributed by atoms with Crippen molar-refractivity contribution in [3.05, 3.63) is 42.5 Å². The molecule has 0 spiro atoms. The number of hydrogen-bond acceptors (Lipinski definition) is 2. The molecule has 15 heavy (non-hydrogen) atoms. The van der Waals surface area contributed by atoms with Gasteiger partial charge in [-0.3, -0.25) is 0 Å². The molecule has 0 aliphatic rings. The molecule has 0 saturated heterocycles. The molecule has 1 rings (SSSR count). The lowest BCUT2D eigenvalue weighted by atomic mass is 9.84. The molecular formula is C13H18O2. The van der Waals surface area contributed by atoms with Crippen molar-refractivity contribution in [2.45, 2.75) is 19.4 Å². The Morgan fingerprint density at radius 3 is 2.33 bits per heavy atom. The highest BCUT2D eigenvalue weighted by atomic mass is 16.5. The molecule has 0 fully saturated rings. The summed E-state index contributed by atoms with van der Waals surface area (Å²) in [6.45, 7) is 7.44. The van der Waals surface area contributed by atoms with Gasteiger partial charge in [0.2, 0.25) is 0 Å². The summed E-state index contributed by atoms with van der Waals surface area (Å²) in [6.07, 6.45) is 1.75. The van der Waals surface area contributed by atoms with Crippen LogP contribution in [0, 0.1) is 5.92 Å². The second kappa shape index (κ2) is 4.49. The molecule has 2 atom stereocenters. The topological polar surface area (TPSA) is 29.5 Å². The fraction of sp³-hybridized carbons (Fsp3) is 0.385. The molecule has 0 unspecified atom stereocenters. The Bertz CT molecular complexity index is 325. The molecule has 2 heteroatoms. The molecule has 0 aliphatic heterocycles. The van der Waals surface area contributed by atoms with Gasteiger partial charge in [0.25, 0.3) is 0 Å². The summed E-state index contributed by atoms with van der Waals surface area (Å²) in [4.78, 5) is 0. The smallest absolute Gasteiger partial charge is 0.118 e. The number of ether oxygens (including phenoxy) is 1. The Morgan fingerprint density at radius 2 is 1.93 bits per heavy atom. The molecule has 2 nitrogen and oxygen atoms in total. The van der Waals surface area contributed by atoms with Crippen LogP contribution in [0.3, 0.4) is 0 Å². The van der Waals surface area contributed by atoms with Crippen LogP contribution in [0.25, 0.3) is 0 Å². The Labute approximate surface area is 91.2 Å². The molecule has 82 valence electrons. The monoisotopic (exact) mass is 206 g/mol. The van der Waals surface area contributed by atoms with E-state index in [0.29, 0.717) is 0 Å². The predicted molar refractivity (Wildman–Crippen MR) is 61.9 cm³/mol. The zero-order chi connectivity index (χ0) is 11.5. The maximum Gasteiger partial charge on any atom is 0.118 e. The van der Waals surface area contributed by atoms with Crippen molar-refractivity contribution in [2.24, 2.45) is 5.92 Å². The van der Waals surface area contributed by atoms with Crippen molar-refractivity contribution in [2.75, 3.05) is 7.11 Å². The maximum atomic E-state index is 10.3. The van der Waals surface area contributed by atoms with Crippen molar-refractivity contribution in [1.29, 1.82) is 0 Å². The van der Waals surface area contributed by atoms with Crippen molar-refractivity contribution in [3.63, 3.8) is 0 Å². The molecule has 0 saturated carbocycles. The van der Waals surface area contributed by atoms with E-state index in [0.717, 1.165) is 11.3 Å². The van der Waals surface area contributed by atoms with Crippen molar-refractivity contribution >= 4 is 0 Å². The highest BCUT2D eigenvalue weighted by Crippen LogP contribution is 2.30. The highest BCUT2D eigenvalue weighted by Gasteiger charge is 2.28. The van der Waals surface area contributed by atoms with Crippen LogP contribution in [-0.4, -0.2) is 12.2 Å². The van der Waals surface area contributed by atoms with Gasteiger partial charge in [0.05, 0.1) is 12.7 Å². The van der Waals surface area contributed by atoms with E-state index in [4.69, 9.17) is 4.74 Å². The van der Waals surface area contributed by atoms with Gasteiger partial charge in [0.1, 0.15) is 5.75 Å². The van der Waals surface area contributed by atoms with Crippen molar-refractivity contribution in [1.82, 2.24) is 0 Å². The van der Waals surface area contributed by atoms with Gasteiger partial charge in [-0.15, -0.1) is 6.58 Å². The van der Waals surface area contributed by atoms with Crippen LogP contribution in [0.15, 0.2) is 36.9 Å². The quantitative estimate of drug-likeness (QED) is 0.767. The summed E-state index contributed by atoms with van der Waals surface area (Å²) in [6, 6.07) is 7.44. The first kappa shape index (κ1) is 11.8. The first-order chi connectivity index (χ1) is 7.02. The molecule has 0 heterocycles. The van der Waals surface area contributed by atoms with Gasteiger partial charge in [-0.25, -0.2) is 0 Å². The zero-order valence-electron chi connectivity index (χ0n) is 9.53. The molecule has 1 aromatic rings. The molecule has 1 N–H and O–H groups in total. The number of aliphatic hydroxyl groups is 1. The Kier molecular flexibility index (Phi) is 3.53. The minimum atomic E-state index is -0.881.